The lowest BCUT2D eigenvalue weighted by Crippen LogP contribution is -2.65. The Balaban J connectivity index is 1.84. The van der Waals surface area contributed by atoms with E-state index in [1.807, 2.05) is 0 Å². The summed E-state index contributed by atoms with van der Waals surface area (Å²) >= 11 is 0. The van der Waals surface area contributed by atoms with E-state index in [1.54, 1.807) is 6.08 Å². The normalized spacial score (nSPS) is 54.8. The van der Waals surface area contributed by atoms with Crippen molar-refractivity contribution in [3.05, 3.63) is 11.6 Å². The molecule has 25 heavy (non-hydrogen) atoms. The molecule has 8 atom stereocenters. The molecule has 2 N–H and O–H groups in total. The summed E-state index contributed by atoms with van der Waals surface area (Å²) in [5.74, 6) is 0.0894. The maximum Gasteiger partial charge on any atom is 0.155 e. The molecule has 0 saturated heterocycles. The Bertz CT molecular complexity index is 694. The molecule has 0 aromatic heterocycles. The lowest BCUT2D eigenvalue weighted by molar-refractivity contribution is -0.206. The summed E-state index contributed by atoms with van der Waals surface area (Å²) < 4.78 is 0. The van der Waals surface area contributed by atoms with Gasteiger partial charge in [0.25, 0.3) is 0 Å². The van der Waals surface area contributed by atoms with E-state index in [0.717, 1.165) is 18.4 Å². The molecule has 4 rings (SSSR count). The molecule has 0 amide bonds. The number of aliphatic hydroxyl groups is 2. The van der Waals surface area contributed by atoms with E-state index in [2.05, 4.69) is 26.8 Å². The van der Waals surface area contributed by atoms with Crippen molar-refractivity contribution in [2.75, 3.05) is 0 Å². The molecule has 0 heterocycles. The topological polar surface area (TPSA) is 81.3 Å². The zero-order valence-corrected chi connectivity index (χ0v) is 15.5. The van der Waals surface area contributed by atoms with Crippen molar-refractivity contribution in [2.45, 2.75) is 71.0 Å². The molecule has 4 heteroatoms. The average molecular weight is 343 g/mol. The highest BCUT2D eigenvalue weighted by atomic mass is 16.3. The number of nitrogens with zero attached hydrogens (tertiary/aromatic N) is 1. The Morgan fingerprint density at radius 2 is 2.00 bits per heavy atom. The fraction of sp³-hybridized carbons (Fsp3) is 0.810. The van der Waals surface area contributed by atoms with E-state index in [9.17, 15) is 20.3 Å². The van der Waals surface area contributed by atoms with Gasteiger partial charge < -0.3 is 10.2 Å². The van der Waals surface area contributed by atoms with Crippen LogP contribution in [0.1, 0.15) is 59.3 Å². The van der Waals surface area contributed by atoms with Gasteiger partial charge in [0, 0.05) is 17.8 Å². The summed E-state index contributed by atoms with van der Waals surface area (Å²) in [6.45, 7) is 6.34. The van der Waals surface area contributed by atoms with E-state index in [-0.39, 0.29) is 41.0 Å². The Kier molecular flexibility index (Phi) is 3.57. The number of nitriles is 1. The summed E-state index contributed by atoms with van der Waals surface area (Å²) in [4.78, 5) is 12.0. The molecule has 0 aromatic rings. The van der Waals surface area contributed by atoms with Crippen molar-refractivity contribution < 1.29 is 15.0 Å². The maximum absolute atomic E-state index is 12.0. The predicted octanol–water partition coefficient (Wildman–Crippen LogP) is 2.99. The summed E-state index contributed by atoms with van der Waals surface area (Å²) in [6, 6.07) is 2.46. The zero-order valence-electron chi connectivity index (χ0n) is 15.5. The van der Waals surface area contributed by atoms with Gasteiger partial charge in [0.05, 0.1) is 23.7 Å². The van der Waals surface area contributed by atoms with E-state index in [0.29, 0.717) is 25.7 Å². The van der Waals surface area contributed by atoms with Gasteiger partial charge in [0.1, 0.15) is 0 Å². The minimum absolute atomic E-state index is 0.119. The zero-order chi connectivity index (χ0) is 18.2. The minimum Gasteiger partial charge on any atom is -0.392 e. The smallest absolute Gasteiger partial charge is 0.155 e. The van der Waals surface area contributed by atoms with Crippen LogP contribution in [-0.2, 0) is 4.79 Å². The van der Waals surface area contributed by atoms with Gasteiger partial charge in [-0.3, -0.25) is 4.79 Å². The van der Waals surface area contributed by atoms with Gasteiger partial charge >= 0.3 is 0 Å². The molecule has 0 radical (unpaired) electrons. The van der Waals surface area contributed by atoms with E-state index in [4.69, 9.17) is 0 Å². The molecule has 3 fully saturated rings. The number of carbonyl (C=O) groups excluding carboxylic acids is 1. The molecule has 4 aliphatic carbocycles. The SMILES string of the molecule is C[C@H]1C[C@H]2[C@@H]3[C@@H](C#N)CC4=CC(=O)CC[C@]4(C)[C@@]3(O)CC[C@]2(C)[C@@H]1O. The Morgan fingerprint density at radius 1 is 1.28 bits per heavy atom. The van der Waals surface area contributed by atoms with Crippen LogP contribution in [0.15, 0.2) is 11.6 Å². The van der Waals surface area contributed by atoms with Crippen LogP contribution in [0.3, 0.4) is 0 Å². The second kappa shape index (κ2) is 5.18. The van der Waals surface area contributed by atoms with E-state index in [1.165, 1.54) is 0 Å². The fourth-order valence-electron chi connectivity index (χ4n) is 7.00. The second-order valence-corrected chi connectivity index (χ2v) is 9.63. The monoisotopic (exact) mass is 343 g/mol. The van der Waals surface area contributed by atoms with Gasteiger partial charge in [-0.05, 0) is 55.4 Å². The van der Waals surface area contributed by atoms with Crippen LogP contribution in [0.4, 0.5) is 0 Å². The van der Waals surface area contributed by atoms with Crippen molar-refractivity contribution in [1.29, 1.82) is 5.26 Å². The van der Waals surface area contributed by atoms with E-state index >= 15 is 0 Å². The van der Waals surface area contributed by atoms with Gasteiger partial charge in [-0.25, -0.2) is 0 Å². The number of carbonyl (C=O) groups is 1. The molecular weight excluding hydrogens is 314 g/mol. The van der Waals surface area contributed by atoms with Gasteiger partial charge in [-0.2, -0.15) is 5.26 Å². The van der Waals surface area contributed by atoms with E-state index < -0.39 is 11.0 Å². The lowest BCUT2D eigenvalue weighted by atomic mass is 9.43. The minimum atomic E-state index is -0.952. The van der Waals surface area contributed by atoms with Crippen molar-refractivity contribution in [3.8, 4) is 6.07 Å². The van der Waals surface area contributed by atoms with Crippen LogP contribution in [0.5, 0.6) is 0 Å². The molecule has 0 spiro atoms. The van der Waals surface area contributed by atoms with Crippen LogP contribution in [0, 0.1) is 45.8 Å². The summed E-state index contributed by atoms with van der Waals surface area (Å²) in [5.41, 5.74) is -0.611. The van der Waals surface area contributed by atoms with Gasteiger partial charge in [-0.1, -0.05) is 26.3 Å². The van der Waals surface area contributed by atoms with Crippen molar-refractivity contribution >= 4 is 5.78 Å². The highest BCUT2D eigenvalue weighted by molar-refractivity contribution is 5.91. The Labute approximate surface area is 149 Å². The average Bonchev–Trinajstić information content (AvgIpc) is 2.80. The summed E-state index contributed by atoms with van der Waals surface area (Å²) in [5, 5.41) is 32.7. The molecule has 3 saturated carbocycles. The van der Waals surface area contributed by atoms with Crippen LogP contribution < -0.4 is 0 Å². The third-order valence-electron chi connectivity index (χ3n) is 8.63. The van der Waals surface area contributed by atoms with Crippen molar-refractivity contribution in [1.82, 2.24) is 0 Å². The third-order valence-corrected chi connectivity index (χ3v) is 8.63. The summed E-state index contributed by atoms with van der Waals surface area (Å²) in [6.07, 6.45) is 5.35. The first-order valence-corrected chi connectivity index (χ1v) is 9.71. The molecule has 4 aliphatic rings. The van der Waals surface area contributed by atoms with Gasteiger partial charge in [-0.15, -0.1) is 0 Å². The van der Waals surface area contributed by atoms with Crippen LogP contribution >= 0.6 is 0 Å². The third kappa shape index (κ3) is 1.97. The number of ketones is 1. The largest absolute Gasteiger partial charge is 0.392 e. The van der Waals surface area contributed by atoms with Crippen LogP contribution in [0.25, 0.3) is 0 Å². The first-order chi connectivity index (χ1) is 11.7. The quantitative estimate of drug-likeness (QED) is 0.708. The first-order valence-electron chi connectivity index (χ1n) is 9.71. The Morgan fingerprint density at radius 3 is 2.68 bits per heavy atom. The molecule has 0 unspecified atom stereocenters. The molecule has 0 aromatic carbocycles. The first kappa shape index (κ1) is 17.2. The maximum atomic E-state index is 12.0. The number of hydrogen-bond acceptors (Lipinski definition) is 4. The molecule has 0 bridgehead atoms. The Hall–Kier alpha value is -1.18. The standard InChI is InChI=1S/C21H29NO3/c1-12-8-16-17-13(11-22)9-14-10-15(23)4-5-20(14,3)21(17,25)7-6-19(16,2)18(12)24/h10,12-13,16-18,24-25H,4-9H2,1-3H3/t12-,13+,16-,17-,18+,19-,20-,21+/m0/s1. The highest BCUT2D eigenvalue weighted by Crippen LogP contribution is 2.68. The van der Waals surface area contributed by atoms with Crippen molar-refractivity contribution in [3.63, 3.8) is 0 Å². The van der Waals surface area contributed by atoms with Gasteiger partial charge in [0.15, 0.2) is 5.78 Å². The lowest BCUT2D eigenvalue weighted by Gasteiger charge is -2.63. The molecule has 0 aliphatic heterocycles. The molecule has 4 nitrogen and oxygen atoms in total. The number of hydrogen-bond donors (Lipinski definition) is 2. The predicted molar refractivity (Wildman–Crippen MR) is 93.2 cm³/mol. The molecular formula is C21H29NO3. The van der Waals surface area contributed by atoms with Crippen LogP contribution in [-0.4, -0.2) is 27.7 Å². The van der Waals surface area contributed by atoms with Crippen molar-refractivity contribution in [2.24, 2.45) is 34.5 Å². The highest BCUT2D eigenvalue weighted by Gasteiger charge is 2.69. The van der Waals surface area contributed by atoms with Crippen LogP contribution in [0.2, 0.25) is 0 Å². The van der Waals surface area contributed by atoms with Gasteiger partial charge in [0.2, 0.25) is 0 Å². The number of fused-ring (bicyclic) bond motifs is 5. The second-order valence-electron chi connectivity index (χ2n) is 9.63. The fourth-order valence-corrected chi connectivity index (χ4v) is 7.00. The molecule has 136 valence electrons. The summed E-state index contributed by atoms with van der Waals surface area (Å²) in [7, 11) is 0. The number of aliphatic hydroxyl groups excluding tert-OH is 1. The number of rotatable bonds is 0.